The van der Waals surface area contributed by atoms with Crippen molar-refractivity contribution in [1.82, 2.24) is 5.32 Å². The molecule has 0 radical (unpaired) electrons. The van der Waals surface area contributed by atoms with Gasteiger partial charge in [0.05, 0.1) is 24.8 Å². The van der Waals surface area contributed by atoms with Gasteiger partial charge in [-0.2, -0.15) is 0 Å². The summed E-state index contributed by atoms with van der Waals surface area (Å²) in [6.07, 6.45) is 5.24. The molecule has 8 fully saturated rings. The monoisotopic (exact) mass is 759 g/mol. The number of fused-ring (bicyclic) bond motifs is 2. The molecular weight excluding hydrogens is 698 g/mol. The van der Waals surface area contributed by atoms with Gasteiger partial charge in [0.1, 0.15) is 0 Å². The van der Waals surface area contributed by atoms with Crippen molar-refractivity contribution in [1.29, 1.82) is 0 Å². The van der Waals surface area contributed by atoms with E-state index in [2.05, 4.69) is 33.0 Å². The first-order chi connectivity index (χ1) is 25.8. The second-order valence-electron chi connectivity index (χ2n) is 18.1. The molecule has 13 heteroatoms. The van der Waals surface area contributed by atoms with Gasteiger partial charge >= 0.3 is 5.97 Å². The summed E-state index contributed by atoms with van der Waals surface area (Å²) in [6, 6.07) is 6.59. The average molecular weight is 760 g/mol. The maximum Gasteiger partial charge on any atom is 0.335 e. The number of carboxylic acids is 1. The standard InChI is InChI=1S/C41H61NO12/c1-22-7-13-30-24(3)35(48-37-33(30)29(22)15-17-39(5,50-37)52-45)46-20-28(42-19-26-9-11-27(12-10-26)34(43)44)21-47-36-25(4)32-14-8-23(2)31-16-18-40(6)51-38(49-36)41(31,32)54-53-40/h9-12,22-25,28-33,35-38,42,45H,7-8,13-21H2,1-6H3,(H,43,44)/t22-,23+,24-,25+,28?,29+,30+,31-,32-,33?,35+,36-,37-,38?,39-,40+,41+/m1/s1. The summed E-state index contributed by atoms with van der Waals surface area (Å²) in [7, 11) is 0. The van der Waals surface area contributed by atoms with Gasteiger partial charge in [-0.05, 0) is 93.2 Å². The summed E-state index contributed by atoms with van der Waals surface area (Å²) < 4.78 is 39.7. The van der Waals surface area contributed by atoms with Gasteiger partial charge in [0.15, 0.2) is 30.8 Å². The van der Waals surface area contributed by atoms with E-state index in [9.17, 15) is 15.2 Å². The minimum atomic E-state index is -1.15. The van der Waals surface area contributed by atoms with Crippen LogP contribution in [0.3, 0.4) is 0 Å². The Morgan fingerprint density at radius 2 is 1.56 bits per heavy atom. The van der Waals surface area contributed by atoms with E-state index in [0.29, 0.717) is 36.6 Å². The van der Waals surface area contributed by atoms with Crippen LogP contribution in [-0.4, -0.2) is 77.9 Å². The lowest BCUT2D eigenvalue weighted by Gasteiger charge is -2.60. The first kappa shape index (κ1) is 39.1. The van der Waals surface area contributed by atoms with Crippen molar-refractivity contribution in [2.45, 2.75) is 148 Å². The van der Waals surface area contributed by atoms with E-state index in [4.69, 9.17) is 43.1 Å². The van der Waals surface area contributed by atoms with Gasteiger partial charge in [0.2, 0.25) is 11.6 Å². The van der Waals surface area contributed by atoms with Crippen LogP contribution in [0.15, 0.2) is 24.3 Å². The predicted octanol–water partition coefficient (Wildman–Crippen LogP) is 6.70. The van der Waals surface area contributed by atoms with E-state index >= 15 is 0 Å². The van der Waals surface area contributed by atoms with E-state index in [1.54, 1.807) is 19.1 Å². The number of carbonyl (C=O) groups is 1. The van der Waals surface area contributed by atoms with Crippen LogP contribution in [0.1, 0.15) is 109 Å². The molecule has 1 aromatic rings. The van der Waals surface area contributed by atoms with Crippen molar-refractivity contribution in [3.05, 3.63) is 35.4 Å². The van der Waals surface area contributed by atoms with E-state index in [1.807, 2.05) is 19.1 Å². The summed E-state index contributed by atoms with van der Waals surface area (Å²) in [4.78, 5) is 28.7. The Labute approximate surface area is 318 Å². The summed E-state index contributed by atoms with van der Waals surface area (Å²) in [5.41, 5.74) is 0.507. The van der Waals surface area contributed by atoms with Crippen LogP contribution in [-0.2, 0) is 49.6 Å². The van der Waals surface area contributed by atoms with Gasteiger partial charge in [-0.25, -0.2) is 24.7 Å². The first-order valence-corrected chi connectivity index (χ1v) is 20.5. The molecule has 54 heavy (non-hydrogen) atoms. The van der Waals surface area contributed by atoms with Crippen LogP contribution in [0.25, 0.3) is 0 Å². The third-order valence-electron chi connectivity index (χ3n) is 14.7. The summed E-state index contributed by atoms with van der Waals surface area (Å²) in [5, 5.41) is 22.8. The second-order valence-corrected chi connectivity index (χ2v) is 18.1. The number of rotatable bonds is 11. The molecule has 6 heterocycles. The zero-order chi connectivity index (χ0) is 38.0. The van der Waals surface area contributed by atoms with Crippen molar-refractivity contribution >= 4 is 5.97 Å². The fourth-order valence-corrected chi connectivity index (χ4v) is 11.4. The van der Waals surface area contributed by atoms with Crippen LogP contribution in [0.4, 0.5) is 0 Å². The number of aromatic carboxylic acids is 1. The van der Waals surface area contributed by atoms with Crippen molar-refractivity contribution < 1.29 is 58.2 Å². The summed E-state index contributed by atoms with van der Waals surface area (Å²) >= 11 is 0. The van der Waals surface area contributed by atoms with E-state index in [-0.39, 0.29) is 54.4 Å². The third-order valence-corrected chi connectivity index (χ3v) is 14.7. The maximum absolute atomic E-state index is 11.5. The topological polar surface area (TPSA) is 153 Å². The molecule has 2 bridgehead atoms. The molecule has 2 aliphatic carbocycles. The number of benzene rings is 1. The quantitative estimate of drug-likeness (QED) is 0.162. The van der Waals surface area contributed by atoms with E-state index in [1.165, 1.54) is 0 Å². The minimum Gasteiger partial charge on any atom is -0.478 e. The molecule has 17 atom stereocenters. The normalized spacial score (nSPS) is 47.5. The largest absolute Gasteiger partial charge is 0.478 e. The lowest BCUT2D eigenvalue weighted by atomic mass is 9.58. The van der Waals surface area contributed by atoms with Gasteiger partial charge in [-0.15, -0.1) is 0 Å². The molecular formula is C41H61NO12. The van der Waals surface area contributed by atoms with Gasteiger partial charge in [0.25, 0.3) is 0 Å². The zero-order valence-electron chi connectivity index (χ0n) is 32.6. The highest BCUT2D eigenvalue weighted by molar-refractivity contribution is 5.87. The molecule has 13 nitrogen and oxygen atoms in total. The maximum atomic E-state index is 11.5. The Kier molecular flexibility index (Phi) is 11.0. The van der Waals surface area contributed by atoms with Crippen LogP contribution < -0.4 is 5.32 Å². The Bertz CT molecular complexity index is 1480. The summed E-state index contributed by atoms with van der Waals surface area (Å²) in [6.45, 7) is 13.8. The average Bonchev–Trinajstić information content (AvgIpc) is 3.48. The molecule has 2 saturated carbocycles. The highest BCUT2D eigenvalue weighted by atomic mass is 17.3. The SMILES string of the molecule is C[C@@H]1[C@H](OCC(CO[C@H]2O[C@@H]3O[C@](C)(OO)CC[C@@H]4C3[C@@H](CC[C@H]4C)[C@H]2C)NCc2ccc(C(=O)O)cc2)OC2O[C@]3(C)CC[C@@H]4[C@@H](C)CC[C@H]1[C@]24OO3. The lowest BCUT2D eigenvalue weighted by Crippen LogP contribution is -2.70. The molecule has 0 aromatic heterocycles. The van der Waals surface area contributed by atoms with Gasteiger partial charge in [-0.3, -0.25) is 0 Å². The van der Waals surface area contributed by atoms with Crippen molar-refractivity contribution in [2.24, 2.45) is 53.3 Å². The van der Waals surface area contributed by atoms with Gasteiger partial charge in [-0.1, -0.05) is 46.2 Å². The van der Waals surface area contributed by atoms with Crippen molar-refractivity contribution in [3.8, 4) is 0 Å². The molecule has 9 rings (SSSR count). The van der Waals surface area contributed by atoms with Gasteiger partial charge in [0, 0.05) is 43.1 Å². The zero-order valence-corrected chi connectivity index (χ0v) is 32.6. The first-order valence-electron chi connectivity index (χ1n) is 20.5. The van der Waals surface area contributed by atoms with Crippen LogP contribution in [0.2, 0.25) is 0 Å². The minimum absolute atomic E-state index is 0.0201. The van der Waals surface area contributed by atoms with Crippen LogP contribution >= 0.6 is 0 Å². The summed E-state index contributed by atoms with van der Waals surface area (Å²) in [5.74, 6) is -0.469. The molecule has 6 saturated heterocycles. The smallest absolute Gasteiger partial charge is 0.335 e. The molecule has 0 amide bonds. The highest BCUT2D eigenvalue weighted by Gasteiger charge is 2.69. The highest BCUT2D eigenvalue weighted by Crippen LogP contribution is 2.61. The fourth-order valence-electron chi connectivity index (χ4n) is 11.4. The molecule has 1 aromatic carbocycles. The third kappa shape index (κ3) is 7.08. The molecule has 6 aliphatic heterocycles. The van der Waals surface area contributed by atoms with Crippen molar-refractivity contribution in [3.63, 3.8) is 0 Å². The molecule has 1 spiro atoms. The van der Waals surface area contributed by atoms with Crippen molar-refractivity contribution in [2.75, 3.05) is 13.2 Å². The number of hydrogen-bond donors (Lipinski definition) is 3. The second kappa shape index (κ2) is 15.2. The Morgan fingerprint density at radius 3 is 2.28 bits per heavy atom. The van der Waals surface area contributed by atoms with E-state index < -0.39 is 48.3 Å². The lowest BCUT2D eigenvalue weighted by molar-refractivity contribution is -0.577. The number of carboxylic acid groups (broad SMARTS) is 1. The Balaban J connectivity index is 0.984. The van der Waals surface area contributed by atoms with Gasteiger partial charge < -0.3 is 38.8 Å². The Hall–Kier alpha value is -1.75. The van der Waals surface area contributed by atoms with Crippen LogP contribution in [0.5, 0.6) is 0 Å². The van der Waals surface area contributed by atoms with Crippen LogP contribution in [0, 0.1) is 53.3 Å². The van der Waals surface area contributed by atoms with E-state index in [0.717, 1.165) is 50.5 Å². The fraction of sp³-hybridized carbons (Fsp3) is 0.829. The Morgan fingerprint density at radius 1 is 0.833 bits per heavy atom. The molecule has 3 N–H and O–H groups in total. The molecule has 302 valence electrons. The predicted molar refractivity (Wildman–Crippen MR) is 192 cm³/mol. The number of hydrogen-bond acceptors (Lipinski definition) is 12. The number of nitrogens with one attached hydrogen (secondary N) is 1. The molecule has 8 aliphatic rings. The molecule has 3 unspecified atom stereocenters. The number of ether oxygens (including phenoxy) is 6.